The quantitative estimate of drug-likeness (QED) is 0.625. The molecule has 0 aromatic heterocycles. The molecule has 1 aliphatic heterocycles. The molecule has 1 aromatic carbocycles. The number of carbonyl (C=O) groups is 1. The average Bonchev–Trinajstić information content (AvgIpc) is 2.47. The van der Waals surface area contributed by atoms with Crippen LogP contribution in [0.4, 0.5) is 5.69 Å². The second-order valence-corrected chi connectivity index (χ2v) is 5.50. The topological polar surface area (TPSA) is 72.7 Å². The van der Waals surface area contributed by atoms with Gasteiger partial charge in [0, 0.05) is 31.8 Å². The van der Waals surface area contributed by atoms with Crippen molar-refractivity contribution in [2.24, 2.45) is 0 Å². The Morgan fingerprint density at radius 3 is 2.65 bits per heavy atom. The van der Waals surface area contributed by atoms with Crippen LogP contribution in [0.3, 0.4) is 0 Å². The number of likely N-dealkylation sites (tertiary alicyclic amines) is 1. The molecule has 1 amide bonds. The van der Waals surface area contributed by atoms with Crippen LogP contribution in [0.25, 0.3) is 0 Å². The SMILES string of the molecule is COC1CCN(C(=O)c2ccc(Br)c([N+](=O)[O-])c2)CC1. The maximum Gasteiger partial charge on any atom is 0.284 e. The van der Waals surface area contributed by atoms with E-state index in [1.807, 2.05) is 0 Å². The molecule has 6 nitrogen and oxygen atoms in total. The zero-order valence-electron chi connectivity index (χ0n) is 11.0. The van der Waals surface area contributed by atoms with Crippen molar-refractivity contribution in [3.63, 3.8) is 0 Å². The summed E-state index contributed by atoms with van der Waals surface area (Å²) in [6.45, 7) is 1.22. The van der Waals surface area contributed by atoms with Crippen LogP contribution in [0.15, 0.2) is 22.7 Å². The van der Waals surface area contributed by atoms with Gasteiger partial charge < -0.3 is 9.64 Å². The van der Waals surface area contributed by atoms with E-state index in [-0.39, 0.29) is 17.7 Å². The second kappa shape index (κ2) is 6.32. The number of nitro groups is 1. The molecule has 0 bridgehead atoms. The lowest BCUT2D eigenvalue weighted by Gasteiger charge is -2.31. The number of carbonyl (C=O) groups excluding carboxylic acids is 1. The summed E-state index contributed by atoms with van der Waals surface area (Å²) in [5.74, 6) is -0.171. The molecule has 0 N–H and O–H groups in total. The number of rotatable bonds is 3. The lowest BCUT2D eigenvalue weighted by Crippen LogP contribution is -2.40. The maximum absolute atomic E-state index is 12.3. The molecule has 108 valence electrons. The van der Waals surface area contributed by atoms with Gasteiger partial charge in [-0.2, -0.15) is 0 Å². The van der Waals surface area contributed by atoms with E-state index in [9.17, 15) is 14.9 Å². The number of hydrogen-bond acceptors (Lipinski definition) is 4. The van der Waals surface area contributed by atoms with Gasteiger partial charge in [-0.05, 0) is 40.9 Å². The van der Waals surface area contributed by atoms with Crippen molar-refractivity contribution >= 4 is 27.5 Å². The first-order valence-electron chi connectivity index (χ1n) is 6.29. The normalized spacial score (nSPS) is 16.2. The molecule has 2 rings (SSSR count). The fraction of sp³-hybridized carbons (Fsp3) is 0.462. The van der Waals surface area contributed by atoms with E-state index in [0.29, 0.717) is 23.1 Å². The number of benzene rings is 1. The first-order valence-corrected chi connectivity index (χ1v) is 7.08. The number of ether oxygens (including phenoxy) is 1. The van der Waals surface area contributed by atoms with Gasteiger partial charge >= 0.3 is 0 Å². The average molecular weight is 343 g/mol. The van der Waals surface area contributed by atoms with Crippen molar-refractivity contribution in [2.75, 3.05) is 20.2 Å². The molecule has 0 aliphatic carbocycles. The highest BCUT2D eigenvalue weighted by molar-refractivity contribution is 9.10. The van der Waals surface area contributed by atoms with E-state index >= 15 is 0 Å². The molecule has 1 saturated heterocycles. The van der Waals surface area contributed by atoms with Gasteiger partial charge in [0.2, 0.25) is 0 Å². The molecular weight excluding hydrogens is 328 g/mol. The molecule has 1 heterocycles. The van der Waals surface area contributed by atoms with Crippen molar-refractivity contribution in [1.29, 1.82) is 0 Å². The molecule has 0 unspecified atom stereocenters. The highest BCUT2D eigenvalue weighted by atomic mass is 79.9. The van der Waals surface area contributed by atoms with Gasteiger partial charge in [-0.1, -0.05) is 0 Å². The molecule has 20 heavy (non-hydrogen) atoms. The van der Waals surface area contributed by atoms with Crippen LogP contribution in [0, 0.1) is 10.1 Å². The van der Waals surface area contributed by atoms with Crippen LogP contribution in [0.2, 0.25) is 0 Å². The molecule has 1 aromatic rings. The summed E-state index contributed by atoms with van der Waals surface area (Å²) in [7, 11) is 1.67. The van der Waals surface area contributed by atoms with Gasteiger partial charge in [0.25, 0.3) is 11.6 Å². The maximum atomic E-state index is 12.3. The predicted molar refractivity (Wildman–Crippen MR) is 76.7 cm³/mol. The molecule has 0 spiro atoms. The Labute approximate surface area is 125 Å². The molecule has 0 radical (unpaired) electrons. The van der Waals surface area contributed by atoms with Gasteiger partial charge in [0.05, 0.1) is 15.5 Å². The fourth-order valence-electron chi connectivity index (χ4n) is 2.26. The highest BCUT2D eigenvalue weighted by Gasteiger charge is 2.25. The summed E-state index contributed by atoms with van der Waals surface area (Å²) in [4.78, 5) is 24.4. The Morgan fingerprint density at radius 1 is 1.45 bits per heavy atom. The monoisotopic (exact) mass is 342 g/mol. The standard InChI is InChI=1S/C13H15BrN2O4/c1-20-10-4-6-15(7-5-10)13(17)9-2-3-11(14)12(8-9)16(18)19/h2-3,8,10H,4-7H2,1H3. The first-order chi connectivity index (χ1) is 9.52. The third-order valence-corrected chi connectivity index (χ3v) is 4.12. The number of halogens is 1. The van der Waals surface area contributed by atoms with Crippen molar-refractivity contribution in [3.05, 3.63) is 38.3 Å². The number of nitrogens with zero attached hydrogens (tertiary/aromatic N) is 2. The van der Waals surface area contributed by atoms with Gasteiger partial charge in [-0.3, -0.25) is 14.9 Å². The minimum absolute atomic E-state index is 0.0948. The number of methoxy groups -OCH3 is 1. The third-order valence-electron chi connectivity index (χ3n) is 3.45. The lowest BCUT2D eigenvalue weighted by molar-refractivity contribution is -0.385. The minimum Gasteiger partial charge on any atom is -0.381 e. The first kappa shape index (κ1) is 14.9. The smallest absolute Gasteiger partial charge is 0.284 e. The fourth-order valence-corrected chi connectivity index (χ4v) is 2.65. The number of hydrogen-bond donors (Lipinski definition) is 0. The van der Waals surface area contributed by atoms with Crippen LogP contribution >= 0.6 is 15.9 Å². The summed E-state index contributed by atoms with van der Waals surface area (Å²) >= 11 is 3.11. The van der Waals surface area contributed by atoms with E-state index in [4.69, 9.17) is 4.74 Å². The van der Waals surface area contributed by atoms with E-state index < -0.39 is 4.92 Å². The van der Waals surface area contributed by atoms with Gasteiger partial charge in [-0.25, -0.2) is 0 Å². The van der Waals surface area contributed by atoms with E-state index in [0.717, 1.165) is 12.8 Å². The summed E-state index contributed by atoms with van der Waals surface area (Å²) in [5, 5.41) is 10.9. The molecule has 1 aliphatic rings. The van der Waals surface area contributed by atoms with Gasteiger partial charge in [0.1, 0.15) is 0 Å². The van der Waals surface area contributed by atoms with Crippen LogP contribution < -0.4 is 0 Å². The highest BCUT2D eigenvalue weighted by Crippen LogP contribution is 2.26. The Bertz CT molecular complexity index is 527. The van der Waals surface area contributed by atoms with Crippen molar-refractivity contribution in [2.45, 2.75) is 18.9 Å². The number of piperidine rings is 1. The zero-order chi connectivity index (χ0) is 14.7. The Hall–Kier alpha value is -1.47. The molecule has 1 fully saturated rings. The minimum atomic E-state index is -0.502. The largest absolute Gasteiger partial charge is 0.381 e. The van der Waals surface area contributed by atoms with Gasteiger partial charge in [-0.15, -0.1) is 0 Å². The van der Waals surface area contributed by atoms with E-state index in [1.54, 1.807) is 18.1 Å². The van der Waals surface area contributed by atoms with Crippen molar-refractivity contribution < 1.29 is 14.5 Å². The van der Waals surface area contributed by atoms with E-state index in [1.165, 1.54) is 12.1 Å². The Balaban J connectivity index is 2.14. The molecule has 0 saturated carbocycles. The number of amides is 1. The van der Waals surface area contributed by atoms with Gasteiger partial charge in [0.15, 0.2) is 0 Å². The van der Waals surface area contributed by atoms with Crippen LogP contribution in [0.1, 0.15) is 23.2 Å². The summed E-state index contributed by atoms with van der Waals surface area (Å²) in [6.07, 6.45) is 1.78. The lowest BCUT2D eigenvalue weighted by atomic mass is 10.1. The van der Waals surface area contributed by atoms with Crippen molar-refractivity contribution in [3.8, 4) is 0 Å². The predicted octanol–water partition coefficient (Wildman–Crippen LogP) is 2.61. The van der Waals surface area contributed by atoms with Crippen molar-refractivity contribution in [1.82, 2.24) is 4.90 Å². The third kappa shape index (κ3) is 3.16. The van der Waals surface area contributed by atoms with Crippen LogP contribution in [-0.4, -0.2) is 42.0 Å². The summed E-state index contributed by atoms with van der Waals surface area (Å²) in [5.41, 5.74) is 0.249. The zero-order valence-corrected chi connectivity index (χ0v) is 12.6. The molecule has 7 heteroatoms. The summed E-state index contributed by atoms with van der Waals surface area (Å²) < 4.78 is 5.63. The van der Waals surface area contributed by atoms with Crippen LogP contribution in [0.5, 0.6) is 0 Å². The number of nitro benzene ring substituents is 1. The van der Waals surface area contributed by atoms with Crippen LogP contribution in [-0.2, 0) is 4.74 Å². The Morgan fingerprint density at radius 2 is 2.10 bits per heavy atom. The molecular formula is C13H15BrN2O4. The second-order valence-electron chi connectivity index (χ2n) is 4.65. The summed E-state index contributed by atoms with van der Waals surface area (Å²) in [6, 6.07) is 4.45. The van der Waals surface area contributed by atoms with E-state index in [2.05, 4.69) is 15.9 Å². The Kier molecular flexibility index (Phi) is 4.72. The molecule has 0 atom stereocenters.